The van der Waals surface area contributed by atoms with Gasteiger partial charge in [-0.1, -0.05) is 59.9 Å². The summed E-state index contributed by atoms with van der Waals surface area (Å²) in [5.74, 6) is -0.468. The van der Waals surface area contributed by atoms with Gasteiger partial charge in [-0.25, -0.2) is 9.67 Å². The van der Waals surface area contributed by atoms with E-state index in [1.165, 1.54) is 22.7 Å². The lowest BCUT2D eigenvalue weighted by Crippen LogP contribution is -2.22. The van der Waals surface area contributed by atoms with Crippen molar-refractivity contribution in [3.63, 3.8) is 0 Å². The number of rotatable bonds is 6. The number of hydrogen-bond acceptors (Lipinski definition) is 6. The van der Waals surface area contributed by atoms with E-state index >= 15 is 0 Å². The van der Waals surface area contributed by atoms with Crippen LogP contribution in [0.25, 0.3) is 15.9 Å². The fourth-order valence-electron chi connectivity index (χ4n) is 3.58. The van der Waals surface area contributed by atoms with Crippen molar-refractivity contribution in [1.82, 2.24) is 20.1 Å². The van der Waals surface area contributed by atoms with Crippen LogP contribution in [0.5, 0.6) is 0 Å². The number of nitrogens with zero attached hydrogens (tertiary/aromatic N) is 3. The molecule has 2 N–H and O–H groups in total. The maximum atomic E-state index is 13.0. The van der Waals surface area contributed by atoms with Gasteiger partial charge in [0.2, 0.25) is 0 Å². The van der Waals surface area contributed by atoms with E-state index in [1.807, 2.05) is 78.3 Å². The SMILES string of the molecule is Cc1nc(NC(=O)c2cc3c(C)nn(-c4ccccc4)c3s2)sc1C(=O)NCc1ccccc1. The van der Waals surface area contributed by atoms with Crippen LogP contribution in [0.1, 0.15) is 36.3 Å². The normalized spacial score (nSPS) is 11.0. The average Bonchev–Trinajstić information content (AvgIpc) is 3.53. The van der Waals surface area contributed by atoms with Gasteiger partial charge < -0.3 is 5.32 Å². The quantitative estimate of drug-likeness (QED) is 0.338. The molecule has 2 aromatic carbocycles. The molecule has 0 fully saturated rings. The summed E-state index contributed by atoms with van der Waals surface area (Å²) in [6, 6.07) is 21.4. The van der Waals surface area contributed by atoms with Crippen molar-refractivity contribution >= 4 is 49.8 Å². The Morgan fingerprint density at radius 2 is 1.62 bits per heavy atom. The molecule has 5 rings (SSSR count). The summed E-state index contributed by atoms with van der Waals surface area (Å²) >= 11 is 2.55. The molecule has 7 nitrogen and oxygen atoms in total. The third-order valence-electron chi connectivity index (χ3n) is 5.29. The van der Waals surface area contributed by atoms with Gasteiger partial charge in [-0.15, -0.1) is 11.3 Å². The van der Waals surface area contributed by atoms with E-state index in [4.69, 9.17) is 0 Å². The number of anilines is 1. The minimum atomic E-state index is -0.259. The van der Waals surface area contributed by atoms with Gasteiger partial charge in [0.1, 0.15) is 9.71 Å². The molecular formula is C25H21N5O2S2. The molecule has 3 aromatic heterocycles. The number of aromatic nitrogens is 3. The molecule has 0 aliphatic rings. The molecule has 0 aliphatic heterocycles. The third-order valence-corrected chi connectivity index (χ3v) is 7.47. The van der Waals surface area contributed by atoms with E-state index in [2.05, 4.69) is 20.7 Å². The molecular weight excluding hydrogens is 466 g/mol. The monoisotopic (exact) mass is 487 g/mol. The van der Waals surface area contributed by atoms with E-state index in [1.54, 1.807) is 6.92 Å². The molecule has 9 heteroatoms. The van der Waals surface area contributed by atoms with Crippen LogP contribution >= 0.6 is 22.7 Å². The third kappa shape index (κ3) is 4.35. The summed E-state index contributed by atoms with van der Waals surface area (Å²) in [6.45, 7) is 4.12. The summed E-state index contributed by atoms with van der Waals surface area (Å²) in [6.07, 6.45) is 0. The fourth-order valence-corrected chi connectivity index (χ4v) is 5.54. The highest BCUT2D eigenvalue weighted by molar-refractivity contribution is 7.21. The first-order valence-electron chi connectivity index (χ1n) is 10.6. The standard InChI is InChI=1S/C25H21N5O2S2/c1-15-19-13-20(33-24(19)30(29-15)18-11-7-4-8-12-18)22(31)28-25-27-16(2)21(34-25)23(32)26-14-17-9-5-3-6-10-17/h3-13H,14H2,1-2H3,(H,26,32)(H,27,28,31). The smallest absolute Gasteiger partial charge is 0.267 e. The summed E-state index contributed by atoms with van der Waals surface area (Å²) in [5, 5.41) is 11.7. The van der Waals surface area contributed by atoms with Crippen LogP contribution in [-0.4, -0.2) is 26.6 Å². The maximum Gasteiger partial charge on any atom is 0.267 e. The minimum Gasteiger partial charge on any atom is -0.347 e. The van der Waals surface area contributed by atoms with Crippen LogP contribution in [-0.2, 0) is 6.54 Å². The fraction of sp³-hybridized carbons (Fsp3) is 0.120. The van der Waals surface area contributed by atoms with Crippen molar-refractivity contribution in [1.29, 1.82) is 0 Å². The van der Waals surface area contributed by atoms with Crippen molar-refractivity contribution in [2.75, 3.05) is 5.32 Å². The molecule has 0 aliphatic carbocycles. The Bertz CT molecular complexity index is 1490. The average molecular weight is 488 g/mol. The van der Waals surface area contributed by atoms with Gasteiger partial charge in [0.15, 0.2) is 5.13 Å². The number of thiophene rings is 1. The van der Waals surface area contributed by atoms with E-state index in [0.29, 0.717) is 27.1 Å². The van der Waals surface area contributed by atoms with Crippen LogP contribution in [0.3, 0.4) is 0 Å². The largest absolute Gasteiger partial charge is 0.347 e. The van der Waals surface area contributed by atoms with Crippen LogP contribution in [0.4, 0.5) is 5.13 Å². The minimum absolute atomic E-state index is 0.209. The number of fused-ring (bicyclic) bond motifs is 1. The lowest BCUT2D eigenvalue weighted by molar-refractivity contribution is 0.0953. The van der Waals surface area contributed by atoms with Gasteiger partial charge in [0.25, 0.3) is 11.8 Å². The summed E-state index contributed by atoms with van der Waals surface area (Å²) in [4.78, 5) is 32.0. The number of benzene rings is 2. The van der Waals surface area contributed by atoms with Crippen molar-refractivity contribution in [3.8, 4) is 5.69 Å². The topological polar surface area (TPSA) is 88.9 Å². The number of carbonyl (C=O) groups excluding carboxylic acids is 2. The number of amides is 2. The molecule has 5 aromatic rings. The van der Waals surface area contributed by atoms with Crippen LogP contribution in [0.2, 0.25) is 0 Å². The van der Waals surface area contributed by atoms with E-state index in [0.717, 1.165) is 27.2 Å². The lowest BCUT2D eigenvalue weighted by atomic mass is 10.2. The van der Waals surface area contributed by atoms with Gasteiger partial charge in [-0.2, -0.15) is 5.10 Å². The zero-order valence-electron chi connectivity index (χ0n) is 18.5. The highest BCUT2D eigenvalue weighted by Crippen LogP contribution is 2.31. The Labute approximate surface area is 204 Å². The Hall–Kier alpha value is -3.82. The number of hydrogen-bond donors (Lipinski definition) is 2. The molecule has 0 bridgehead atoms. The highest BCUT2D eigenvalue weighted by atomic mass is 32.1. The maximum absolute atomic E-state index is 13.0. The second-order valence-corrected chi connectivity index (χ2v) is 9.75. The molecule has 0 spiro atoms. The van der Waals surface area contributed by atoms with Crippen molar-refractivity contribution in [2.24, 2.45) is 0 Å². The van der Waals surface area contributed by atoms with Crippen molar-refractivity contribution in [2.45, 2.75) is 20.4 Å². The molecule has 0 saturated carbocycles. The highest BCUT2D eigenvalue weighted by Gasteiger charge is 2.20. The molecule has 34 heavy (non-hydrogen) atoms. The number of carbonyl (C=O) groups is 2. The zero-order valence-corrected chi connectivity index (χ0v) is 20.2. The van der Waals surface area contributed by atoms with Gasteiger partial charge in [0.05, 0.1) is 22.0 Å². The molecule has 0 atom stereocenters. The molecule has 0 radical (unpaired) electrons. The molecule has 170 valence electrons. The summed E-state index contributed by atoms with van der Waals surface area (Å²) in [7, 11) is 0. The van der Waals surface area contributed by atoms with Crippen LogP contribution in [0, 0.1) is 13.8 Å². The van der Waals surface area contributed by atoms with Gasteiger partial charge in [0, 0.05) is 11.9 Å². The van der Waals surface area contributed by atoms with E-state index in [-0.39, 0.29) is 11.8 Å². The number of nitrogens with one attached hydrogen (secondary N) is 2. The van der Waals surface area contributed by atoms with E-state index in [9.17, 15) is 9.59 Å². The predicted molar refractivity (Wildman–Crippen MR) is 136 cm³/mol. The number of aryl methyl sites for hydroxylation is 2. The molecule has 3 heterocycles. The first kappa shape index (κ1) is 22.0. The van der Waals surface area contributed by atoms with Crippen LogP contribution < -0.4 is 10.6 Å². The Balaban J connectivity index is 1.32. The second kappa shape index (κ2) is 9.20. The van der Waals surface area contributed by atoms with Crippen LogP contribution in [0.15, 0.2) is 66.7 Å². The summed E-state index contributed by atoms with van der Waals surface area (Å²) < 4.78 is 1.86. The van der Waals surface area contributed by atoms with Gasteiger partial charge in [-0.3, -0.25) is 14.9 Å². The molecule has 0 unspecified atom stereocenters. The first-order valence-corrected chi connectivity index (χ1v) is 12.3. The zero-order chi connectivity index (χ0) is 23.7. The summed E-state index contributed by atoms with van der Waals surface area (Å²) in [5.41, 5.74) is 3.39. The Morgan fingerprint density at radius 3 is 2.35 bits per heavy atom. The van der Waals surface area contributed by atoms with E-state index < -0.39 is 0 Å². The first-order chi connectivity index (χ1) is 16.5. The van der Waals surface area contributed by atoms with Gasteiger partial charge in [-0.05, 0) is 37.6 Å². The van der Waals surface area contributed by atoms with Crippen molar-refractivity contribution < 1.29 is 9.59 Å². The predicted octanol–water partition coefficient (Wildman–Crippen LogP) is 5.34. The van der Waals surface area contributed by atoms with Crippen molar-refractivity contribution in [3.05, 3.63) is 93.4 Å². The number of para-hydroxylation sites is 1. The Morgan fingerprint density at radius 1 is 0.912 bits per heavy atom. The Kier molecular flexibility index (Phi) is 5.95. The molecule has 2 amide bonds. The molecule has 0 saturated heterocycles. The second-order valence-electron chi connectivity index (χ2n) is 7.72. The lowest BCUT2D eigenvalue weighted by Gasteiger charge is -2.03. The number of thiazole rings is 1. The van der Waals surface area contributed by atoms with Gasteiger partial charge >= 0.3 is 0 Å².